The molecule has 1 aromatic carbocycles. The van der Waals surface area contributed by atoms with Gasteiger partial charge < -0.3 is 10.0 Å². The van der Waals surface area contributed by atoms with Gasteiger partial charge in [0.25, 0.3) is 0 Å². The van der Waals surface area contributed by atoms with E-state index >= 15 is 0 Å². The Morgan fingerprint density at radius 2 is 2.00 bits per heavy atom. The maximum absolute atomic E-state index is 12.9. The third-order valence-corrected chi connectivity index (χ3v) is 3.10. The van der Waals surface area contributed by atoms with E-state index in [-0.39, 0.29) is 11.9 Å². The Hall–Kier alpha value is -1.72. The maximum atomic E-state index is 12.9. The highest BCUT2D eigenvalue weighted by Gasteiger charge is 2.06. The van der Waals surface area contributed by atoms with Crippen LogP contribution in [-0.2, 0) is 6.54 Å². The van der Waals surface area contributed by atoms with E-state index in [0.717, 1.165) is 30.9 Å². The van der Waals surface area contributed by atoms with E-state index < -0.39 is 0 Å². The van der Waals surface area contributed by atoms with Crippen LogP contribution in [0.4, 0.5) is 4.39 Å². The van der Waals surface area contributed by atoms with E-state index in [1.165, 1.54) is 12.1 Å². The standard InChI is InChI=1S/C15H20FN3O/c1-12(20)7-9-18(2)11-14-8-10-19(17-14)15-5-3-13(16)4-6-15/h3-6,8,10,12,20H,7,9,11H2,1-2H3. The van der Waals surface area contributed by atoms with Crippen LogP contribution in [0.15, 0.2) is 36.5 Å². The summed E-state index contributed by atoms with van der Waals surface area (Å²) in [6, 6.07) is 8.19. The Labute approximate surface area is 118 Å². The summed E-state index contributed by atoms with van der Waals surface area (Å²) in [7, 11) is 2.00. The molecule has 1 atom stereocenters. The Kier molecular flexibility index (Phi) is 4.87. The fraction of sp³-hybridized carbons (Fsp3) is 0.400. The first-order valence-corrected chi connectivity index (χ1v) is 6.71. The number of nitrogens with zero attached hydrogens (tertiary/aromatic N) is 3. The van der Waals surface area contributed by atoms with E-state index in [2.05, 4.69) is 10.00 Å². The average Bonchev–Trinajstić information content (AvgIpc) is 2.85. The summed E-state index contributed by atoms with van der Waals surface area (Å²) in [6.07, 6.45) is 2.33. The highest BCUT2D eigenvalue weighted by atomic mass is 19.1. The van der Waals surface area contributed by atoms with Crippen molar-refractivity contribution in [2.24, 2.45) is 0 Å². The Morgan fingerprint density at radius 1 is 1.30 bits per heavy atom. The molecule has 0 aliphatic rings. The molecule has 4 nitrogen and oxygen atoms in total. The van der Waals surface area contributed by atoms with Crippen molar-refractivity contribution in [3.05, 3.63) is 48.0 Å². The fourth-order valence-electron chi connectivity index (χ4n) is 1.95. The van der Waals surface area contributed by atoms with E-state index in [0.29, 0.717) is 0 Å². The molecule has 5 heteroatoms. The molecule has 0 amide bonds. The van der Waals surface area contributed by atoms with Crippen molar-refractivity contribution >= 4 is 0 Å². The minimum Gasteiger partial charge on any atom is -0.393 e. The molecule has 0 spiro atoms. The molecule has 0 radical (unpaired) electrons. The summed E-state index contributed by atoms with van der Waals surface area (Å²) in [4.78, 5) is 2.12. The number of rotatable bonds is 6. The molecule has 1 aromatic heterocycles. The van der Waals surface area contributed by atoms with Gasteiger partial charge in [0.2, 0.25) is 0 Å². The van der Waals surface area contributed by atoms with E-state index in [1.54, 1.807) is 23.7 Å². The minimum absolute atomic E-state index is 0.251. The van der Waals surface area contributed by atoms with Crippen molar-refractivity contribution in [2.45, 2.75) is 26.0 Å². The smallest absolute Gasteiger partial charge is 0.123 e. The van der Waals surface area contributed by atoms with Gasteiger partial charge in [-0.1, -0.05) is 0 Å². The van der Waals surface area contributed by atoms with E-state index in [9.17, 15) is 9.50 Å². The lowest BCUT2D eigenvalue weighted by atomic mass is 10.2. The predicted molar refractivity (Wildman–Crippen MR) is 76.2 cm³/mol. The van der Waals surface area contributed by atoms with Crippen molar-refractivity contribution in [2.75, 3.05) is 13.6 Å². The number of aromatic nitrogens is 2. The second kappa shape index (κ2) is 6.63. The molecule has 0 saturated carbocycles. The van der Waals surface area contributed by atoms with Crippen molar-refractivity contribution in [3.63, 3.8) is 0 Å². The molecule has 0 aliphatic carbocycles. The second-order valence-electron chi connectivity index (χ2n) is 5.10. The molecule has 0 aliphatic heterocycles. The van der Waals surface area contributed by atoms with Crippen molar-refractivity contribution < 1.29 is 9.50 Å². The second-order valence-corrected chi connectivity index (χ2v) is 5.10. The number of benzene rings is 1. The SMILES string of the molecule is CC(O)CCN(C)Cc1ccn(-c2ccc(F)cc2)n1. The van der Waals surface area contributed by atoms with Crippen molar-refractivity contribution in [3.8, 4) is 5.69 Å². The molecule has 20 heavy (non-hydrogen) atoms. The summed E-state index contributed by atoms with van der Waals surface area (Å²) in [5, 5.41) is 13.7. The van der Waals surface area contributed by atoms with Crippen LogP contribution in [0.5, 0.6) is 0 Å². The Bertz CT molecular complexity index is 536. The molecule has 0 saturated heterocycles. The average molecular weight is 277 g/mol. The monoisotopic (exact) mass is 277 g/mol. The third kappa shape index (κ3) is 4.15. The molecule has 2 aromatic rings. The number of aliphatic hydroxyl groups excluding tert-OH is 1. The zero-order valence-corrected chi connectivity index (χ0v) is 11.8. The van der Waals surface area contributed by atoms with Gasteiger partial charge in [0.1, 0.15) is 5.82 Å². The van der Waals surface area contributed by atoms with Gasteiger partial charge in [0, 0.05) is 19.3 Å². The van der Waals surface area contributed by atoms with Crippen molar-refractivity contribution in [1.82, 2.24) is 14.7 Å². The normalized spacial score (nSPS) is 12.8. The first-order chi connectivity index (χ1) is 9.54. The molecule has 0 fully saturated rings. The maximum Gasteiger partial charge on any atom is 0.123 e. The first kappa shape index (κ1) is 14.7. The van der Waals surface area contributed by atoms with Crippen LogP contribution in [0.25, 0.3) is 5.69 Å². The lowest BCUT2D eigenvalue weighted by Gasteiger charge is -2.15. The van der Waals surface area contributed by atoms with Gasteiger partial charge in [-0.2, -0.15) is 5.10 Å². The van der Waals surface area contributed by atoms with Crippen LogP contribution in [0.1, 0.15) is 19.0 Å². The van der Waals surface area contributed by atoms with Gasteiger partial charge in [-0.25, -0.2) is 9.07 Å². The predicted octanol–water partition coefficient (Wildman–Crippen LogP) is 2.21. The molecule has 1 heterocycles. The van der Waals surface area contributed by atoms with Crippen molar-refractivity contribution in [1.29, 1.82) is 0 Å². The van der Waals surface area contributed by atoms with Gasteiger partial charge >= 0.3 is 0 Å². The first-order valence-electron chi connectivity index (χ1n) is 6.71. The number of hydrogen-bond acceptors (Lipinski definition) is 3. The topological polar surface area (TPSA) is 41.3 Å². The molecule has 0 bridgehead atoms. The minimum atomic E-state index is -0.283. The van der Waals surface area contributed by atoms with Crippen LogP contribution in [0.2, 0.25) is 0 Å². The van der Waals surface area contributed by atoms with Gasteiger partial charge in [-0.15, -0.1) is 0 Å². The van der Waals surface area contributed by atoms with E-state index in [1.807, 2.05) is 19.3 Å². The molecule has 2 rings (SSSR count). The molecule has 1 unspecified atom stereocenters. The molecular weight excluding hydrogens is 257 g/mol. The summed E-state index contributed by atoms with van der Waals surface area (Å²) in [5.74, 6) is -0.251. The summed E-state index contributed by atoms with van der Waals surface area (Å²) in [6.45, 7) is 3.33. The van der Waals surface area contributed by atoms with Crippen LogP contribution in [-0.4, -0.2) is 39.5 Å². The number of aliphatic hydroxyl groups is 1. The summed E-state index contributed by atoms with van der Waals surface area (Å²) >= 11 is 0. The molecular formula is C15H20FN3O. The quantitative estimate of drug-likeness (QED) is 0.880. The number of halogens is 1. The Morgan fingerprint density at radius 3 is 2.65 bits per heavy atom. The zero-order valence-electron chi connectivity index (χ0n) is 11.8. The molecule has 108 valence electrons. The van der Waals surface area contributed by atoms with Gasteiger partial charge in [-0.3, -0.25) is 0 Å². The summed E-state index contributed by atoms with van der Waals surface area (Å²) in [5.41, 5.74) is 1.78. The van der Waals surface area contributed by atoms with Gasteiger partial charge in [0.05, 0.1) is 17.5 Å². The van der Waals surface area contributed by atoms with Crippen LogP contribution in [0.3, 0.4) is 0 Å². The summed E-state index contributed by atoms with van der Waals surface area (Å²) < 4.78 is 14.6. The third-order valence-electron chi connectivity index (χ3n) is 3.10. The fourth-order valence-corrected chi connectivity index (χ4v) is 1.95. The number of hydrogen-bond donors (Lipinski definition) is 1. The van der Waals surface area contributed by atoms with Gasteiger partial charge in [0.15, 0.2) is 0 Å². The van der Waals surface area contributed by atoms with Crippen LogP contribution < -0.4 is 0 Å². The zero-order chi connectivity index (χ0) is 14.5. The lowest BCUT2D eigenvalue weighted by Crippen LogP contribution is -2.22. The van der Waals surface area contributed by atoms with Gasteiger partial charge in [-0.05, 0) is 50.7 Å². The van der Waals surface area contributed by atoms with E-state index in [4.69, 9.17) is 0 Å². The lowest BCUT2D eigenvalue weighted by molar-refractivity contribution is 0.162. The Balaban J connectivity index is 1.96. The van der Waals surface area contributed by atoms with Crippen LogP contribution >= 0.6 is 0 Å². The highest BCUT2D eigenvalue weighted by Crippen LogP contribution is 2.10. The largest absolute Gasteiger partial charge is 0.393 e. The molecule has 1 N–H and O–H groups in total. The highest BCUT2D eigenvalue weighted by molar-refractivity contribution is 5.31. The van der Waals surface area contributed by atoms with Crippen LogP contribution in [0, 0.1) is 5.82 Å².